The predicted octanol–water partition coefficient (Wildman–Crippen LogP) is 2.96. The minimum Gasteiger partial charge on any atom is -0.338 e. The van der Waals surface area contributed by atoms with Gasteiger partial charge in [0.15, 0.2) is 0 Å². The number of piperazine rings is 1. The van der Waals surface area contributed by atoms with E-state index in [1.807, 2.05) is 11.0 Å². The topological polar surface area (TPSA) is 77.6 Å². The second-order valence-corrected chi connectivity index (χ2v) is 7.22. The number of rotatable bonds is 7. The van der Waals surface area contributed by atoms with Crippen LogP contribution in [0, 0.1) is 0 Å². The molecule has 0 unspecified atom stereocenters. The standard InChI is InChI=1S/C22H29N5O2/c1-2-3-11-23-22(29)25-20-10-9-19(16-24-20)21(28)27-14-12-26(13-15-27)17-18-7-5-4-6-8-18/h4-10,16H,2-3,11-15,17H2,1H3,(H2,23,24,25,29). The maximum absolute atomic E-state index is 12.7. The Morgan fingerprint density at radius 3 is 2.45 bits per heavy atom. The molecule has 0 saturated carbocycles. The zero-order valence-electron chi connectivity index (χ0n) is 16.9. The summed E-state index contributed by atoms with van der Waals surface area (Å²) in [4.78, 5) is 32.9. The summed E-state index contributed by atoms with van der Waals surface area (Å²) in [5.74, 6) is 0.416. The van der Waals surface area contributed by atoms with E-state index in [9.17, 15) is 9.59 Å². The third-order valence-electron chi connectivity index (χ3n) is 4.98. The van der Waals surface area contributed by atoms with Crippen molar-refractivity contribution in [2.45, 2.75) is 26.3 Å². The fraction of sp³-hybridized carbons (Fsp3) is 0.409. The van der Waals surface area contributed by atoms with Gasteiger partial charge >= 0.3 is 6.03 Å². The molecule has 154 valence electrons. The number of urea groups is 1. The number of amides is 3. The third-order valence-corrected chi connectivity index (χ3v) is 4.98. The molecule has 0 radical (unpaired) electrons. The number of aromatic nitrogens is 1. The van der Waals surface area contributed by atoms with Gasteiger partial charge < -0.3 is 10.2 Å². The highest BCUT2D eigenvalue weighted by atomic mass is 16.2. The highest BCUT2D eigenvalue weighted by Crippen LogP contribution is 2.12. The van der Waals surface area contributed by atoms with E-state index in [1.165, 1.54) is 11.8 Å². The Kier molecular flexibility index (Phi) is 7.58. The van der Waals surface area contributed by atoms with E-state index in [0.29, 0.717) is 31.0 Å². The van der Waals surface area contributed by atoms with Gasteiger partial charge in [-0.2, -0.15) is 0 Å². The van der Waals surface area contributed by atoms with Crippen LogP contribution >= 0.6 is 0 Å². The van der Waals surface area contributed by atoms with Gasteiger partial charge in [0.1, 0.15) is 5.82 Å². The zero-order chi connectivity index (χ0) is 20.5. The minimum atomic E-state index is -0.278. The van der Waals surface area contributed by atoms with Gasteiger partial charge in [-0.1, -0.05) is 43.7 Å². The Bertz CT molecular complexity index is 787. The van der Waals surface area contributed by atoms with Crippen molar-refractivity contribution in [3.05, 3.63) is 59.8 Å². The van der Waals surface area contributed by atoms with Crippen molar-refractivity contribution >= 4 is 17.8 Å². The second-order valence-electron chi connectivity index (χ2n) is 7.22. The van der Waals surface area contributed by atoms with Gasteiger partial charge in [0.05, 0.1) is 5.56 Å². The van der Waals surface area contributed by atoms with Crippen molar-refractivity contribution in [3.8, 4) is 0 Å². The van der Waals surface area contributed by atoms with Crippen LogP contribution in [0.2, 0.25) is 0 Å². The molecule has 1 aromatic carbocycles. The fourth-order valence-corrected chi connectivity index (χ4v) is 3.27. The molecule has 0 spiro atoms. The maximum Gasteiger partial charge on any atom is 0.320 e. The summed E-state index contributed by atoms with van der Waals surface area (Å²) >= 11 is 0. The number of carbonyl (C=O) groups is 2. The van der Waals surface area contributed by atoms with Crippen LogP contribution in [0.15, 0.2) is 48.7 Å². The van der Waals surface area contributed by atoms with Crippen LogP contribution in [0.3, 0.4) is 0 Å². The first kappa shape index (κ1) is 20.8. The molecule has 29 heavy (non-hydrogen) atoms. The predicted molar refractivity (Wildman–Crippen MR) is 114 cm³/mol. The van der Waals surface area contributed by atoms with Gasteiger partial charge in [0.25, 0.3) is 5.91 Å². The van der Waals surface area contributed by atoms with E-state index in [2.05, 4.69) is 51.7 Å². The average molecular weight is 396 g/mol. The van der Waals surface area contributed by atoms with Gasteiger partial charge in [0, 0.05) is 45.5 Å². The smallest absolute Gasteiger partial charge is 0.320 e. The molecule has 2 aromatic rings. The lowest BCUT2D eigenvalue weighted by Crippen LogP contribution is -2.48. The van der Waals surface area contributed by atoms with Crippen molar-refractivity contribution in [3.63, 3.8) is 0 Å². The molecule has 2 heterocycles. The van der Waals surface area contributed by atoms with Crippen LogP contribution in [-0.4, -0.2) is 59.4 Å². The second kappa shape index (κ2) is 10.6. The number of carbonyl (C=O) groups excluding carboxylic acids is 2. The third kappa shape index (κ3) is 6.29. The van der Waals surface area contributed by atoms with Gasteiger partial charge in [-0.05, 0) is 24.1 Å². The number of hydrogen-bond acceptors (Lipinski definition) is 4. The summed E-state index contributed by atoms with van der Waals surface area (Å²) in [6.45, 7) is 6.72. The van der Waals surface area contributed by atoms with Gasteiger partial charge in [-0.3, -0.25) is 15.0 Å². The van der Waals surface area contributed by atoms with E-state index in [1.54, 1.807) is 12.1 Å². The molecule has 7 nitrogen and oxygen atoms in total. The highest BCUT2D eigenvalue weighted by molar-refractivity contribution is 5.94. The summed E-state index contributed by atoms with van der Waals surface area (Å²) in [5, 5.41) is 5.46. The van der Waals surface area contributed by atoms with E-state index < -0.39 is 0 Å². The number of hydrogen-bond donors (Lipinski definition) is 2. The molecule has 0 aliphatic carbocycles. The Balaban J connectivity index is 1.46. The molecule has 1 aliphatic rings. The zero-order valence-corrected chi connectivity index (χ0v) is 16.9. The van der Waals surface area contributed by atoms with E-state index in [-0.39, 0.29) is 11.9 Å². The Hall–Kier alpha value is -2.93. The molecule has 1 aromatic heterocycles. The molecule has 1 fully saturated rings. The fourth-order valence-electron chi connectivity index (χ4n) is 3.27. The highest BCUT2D eigenvalue weighted by Gasteiger charge is 2.22. The van der Waals surface area contributed by atoms with Gasteiger partial charge in [-0.25, -0.2) is 9.78 Å². The molecular formula is C22H29N5O2. The molecule has 1 aliphatic heterocycles. The van der Waals surface area contributed by atoms with Crippen LogP contribution < -0.4 is 10.6 Å². The van der Waals surface area contributed by atoms with Crippen LogP contribution in [0.1, 0.15) is 35.7 Å². The van der Waals surface area contributed by atoms with Crippen molar-refractivity contribution in [2.75, 3.05) is 38.0 Å². The van der Waals surface area contributed by atoms with Gasteiger partial charge in [-0.15, -0.1) is 0 Å². The van der Waals surface area contributed by atoms with Crippen LogP contribution in [0.5, 0.6) is 0 Å². The molecule has 3 amide bonds. The van der Waals surface area contributed by atoms with E-state index in [4.69, 9.17) is 0 Å². The normalized spacial score (nSPS) is 14.4. The minimum absolute atomic E-state index is 0.0178. The van der Waals surface area contributed by atoms with Crippen LogP contribution in [0.25, 0.3) is 0 Å². The summed E-state index contributed by atoms with van der Waals surface area (Å²) in [6, 6.07) is 13.5. The van der Waals surface area contributed by atoms with Crippen LogP contribution in [0.4, 0.5) is 10.6 Å². The first-order chi connectivity index (χ1) is 14.2. The summed E-state index contributed by atoms with van der Waals surface area (Å²) in [7, 11) is 0. The molecule has 1 saturated heterocycles. The molecule has 0 bridgehead atoms. The average Bonchev–Trinajstić information content (AvgIpc) is 2.75. The van der Waals surface area contributed by atoms with Gasteiger partial charge in [0.2, 0.25) is 0 Å². The number of benzene rings is 1. The quantitative estimate of drug-likeness (QED) is 0.707. The molecular weight excluding hydrogens is 366 g/mol. The number of nitrogens with one attached hydrogen (secondary N) is 2. The molecule has 3 rings (SSSR count). The maximum atomic E-state index is 12.7. The van der Waals surface area contributed by atoms with Crippen LogP contribution in [-0.2, 0) is 6.54 Å². The monoisotopic (exact) mass is 395 g/mol. The summed E-state index contributed by atoms with van der Waals surface area (Å²) in [5.41, 5.74) is 1.83. The molecule has 2 N–H and O–H groups in total. The Morgan fingerprint density at radius 1 is 1.03 bits per heavy atom. The first-order valence-corrected chi connectivity index (χ1v) is 10.2. The molecule has 7 heteroatoms. The number of anilines is 1. The number of pyridine rings is 1. The number of unbranched alkanes of at least 4 members (excludes halogenated alkanes) is 1. The largest absolute Gasteiger partial charge is 0.338 e. The lowest BCUT2D eigenvalue weighted by atomic mass is 10.2. The lowest BCUT2D eigenvalue weighted by molar-refractivity contribution is 0.0628. The van der Waals surface area contributed by atoms with E-state index >= 15 is 0 Å². The Morgan fingerprint density at radius 2 is 1.79 bits per heavy atom. The van der Waals surface area contributed by atoms with Crippen molar-refractivity contribution in [1.82, 2.24) is 20.1 Å². The first-order valence-electron chi connectivity index (χ1n) is 10.2. The number of nitrogens with zero attached hydrogens (tertiary/aromatic N) is 3. The summed E-state index contributed by atoms with van der Waals surface area (Å²) in [6.07, 6.45) is 3.49. The lowest BCUT2D eigenvalue weighted by Gasteiger charge is -2.34. The SMILES string of the molecule is CCCCNC(=O)Nc1ccc(C(=O)N2CCN(Cc3ccccc3)CC2)cn1. The van der Waals surface area contributed by atoms with E-state index in [0.717, 1.165) is 32.5 Å². The Labute approximate surface area is 172 Å². The molecule has 0 atom stereocenters. The van der Waals surface area contributed by atoms with Crippen molar-refractivity contribution in [1.29, 1.82) is 0 Å². The summed E-state index contributed by atoms with van der Waals surface area (Å²) < 4.78 is 0. The van der Waals surface area contributed by atoms with Crippen molar-refractivity contribution in [2.24, 2.45) is 0 Å². The van der Waals surface area contributed by atoms with Crippen molar-refractivity contribution < 1.29 is 9.59 Å².